The summed E-state index contributed by atoms with van der Waals surface area (Å²) in [5, 5.41) is 18.2. The van der Waals surface area contributed by atoms with Crippen molar-refractivity contribution in [3.05, 3.63) is 0 Å². The van der Waals surface area contributed by atoms with Crippen LogP contribution in [0.2, 0.25) is 0 Å². The molecule has 1 amide bonds. The predicted molar refractivity (Wildman–Crippen MR) is 74.5 cm³/mol. The quantitative estimate of drug-likeness (QED) is 0.461. The first kappa shape index (κ1) is 17.0. The van der Waals surface area contributed by atoms with Gasteiger partial charge in [-0.05, 0) is 32.2 Å². The highest BCUT2D eigenvalue weighted by molar-refractivity contribution is 6.27. The molecule has 2 rings (SSSR count). The van der Waals surface area contributed by atoms with Crippen LogP contribution in [0.25, 0.3) is 0 Å². The minimum Gasteiger partial charge on any atom is -0.473 e. The minimum atomic E-state index is -1.82. The normalized spacial score (nSPS) is 20.9. The van der Waals surface area contributed by atoms with E-state index in [2.05, 4.69) is 17.2 Å². The maximum absolute atomic E-state index is 11.3. The van der Waals surface area contributed by atoms with Crippen molar-refractivity contribution in [3.63, 3.8) is 0 Å². The molecule has 0 spiro atoms. The topological polar surface area (TPSA) is 107 Å². The standard InChI is InChI=1S/C12H18N2O.C2H2O4/c15-12-7-4-10-14(12)9-3-6-11-5-1-2-8-13-11;3-1(4)2(5)6/h11,13H,1-2,4-5,7-10H2;(H,3,4)(H,5,6)/t11-;/m1./s1. The third kappa shape index (κ3) is 6.77. The molecule has 3 N–H and O–H groups in total. The first-order chi connectivity index (χ1) is 10.0. The number of amides is 1. The largest absolute Gasteiger partial charge is 0.473 e. The lowest BCUT2D eigenvalue weighted by molar-refractivity contribution is -0.159. The lowest BCUT2D eigenvalue weighted by Gasteiger charge is -2.18. The second-order valence-electron chi connectivity index (χ2n) is 4.85. The van der Waals surface area contributed by atoms with Gasteiger partial charge >= 0.3 is 11.9 Å². The smallest absolute Gasteiger partial charge is 0.414 e. The number of carbonyl (C=O) groups excluding carboxylic acids is 1. The Bertz CT molecular complexity index is 434. The zero-order valence-corrected chi connectivity index (χ0v) is 11.8. The van der Waals surface area contributed by atoms with E-state index in [4.69, 9.17) is 19.8 Å². The molecule has 7 nitrogen and oxygen atoms in total. The van der Waals surface area contributed by atoms with Gasteiger partial charge in [-0.25, -0.2) is 9.59 Å². The van der Waals surface area contributed by atoms with Gasteiger partial charge in [0.05, 0.1) is 12.6 Å². The third-order valence-corrected chi connectivity index (χ3v) is 3.21. The number of rotatable bonds is 1. The summed E-state index contributed by atoms with van der Waals surface area (Å²) in [5.74, 6) is 2.95. The van der Waals surface area contributed by atoms with Gasteiger partial charge in [0, 0.05) is 13.0 Å². The van der Waals surface area contributed by atoms with Crippen molar-refractivity contribution in [1.29, 1.82) is 0 Å². The van der Waals surface area contributed by atoms with Crippen molar-refractivity contribution in [2.45, 2.75) is 38.1 Å². The van der Waals surface area contributed by atoms with Crippen LogP contribution in [0.15, 0.2) is 0 Å². The summed E-state index contributed by atoms with van der Waals surface area (Å²) < 4.78 is 0. The van der Waals surface area contributed by atoms with Crippen molar-refractivity contribution in [2.75, 3.05) is 19.6 Å². The SMILES string of the molecule is O=C(O)C(=O)O.O=C1CCCN1CC#C[C@H]1CCCCN1. The van der Waals surface area contributed by atoms with Gasteiger partial charge in [0.2, 0.25) is 5.91 Å². The van der Waals surface area contributed by atoms with Crippen LogP contribution >= 0.6 is 0 Å². The summed E-state index contributed by atoms with van der Waals surface area (Å²) in [7, 11) is 0. The summed E-state index contributed by atoms with van der Waals surface area (Å²) in [6, 6.07) is 0.358. The summed E-state index contributed by atoms with van der Waals surface area (Å²) in [4.78, 5) is 31.4. The molecule has 2 aliphatic heterocycles. The molecule has 116 valence electrons. The van der Waals surface area contributed by atoms with Crippen LogP contribution in [0, 0.1) is 11.8 Å². The number of nitrogens with zero attached hydrogens (tertiary/aromatic N) is 1. The lowest BCUT2D eigenvalue weighted by Crippen LogP contribution is -2.33. The van der Waals surface area contributed by atoms with Crippen molar-refractivity contribution in [2.24, 2.45) is 0 Å². The molecule has 0 radical (unpaired) electrons. The molecule has 0 aromatic carbocycles. The van der Waals surface area contributed by atoms with Gasteiger partial charge in [-0.15, -0.1) is 0 Å². The average Bonchev–Trinajstić information content (AvgIpc) is 2.86. The molecule has 0 bridgehead atoms. The van der Waals surface area contributed by atoms with E-state index in [1.165, 1.54) is 12.8 Å². The third-order valence-electron chi connectivity index (χ3n) is 3.21. The number of carbonyl (C=O) groups is 3. The zero-order chi connectivity index (χ0) is 15.7. The number of nitrogens with one attached hydrogen (secondary N) is 1. The molecule has 0 aliphatic carbocycles. The number of hydrogen-bond donors (Lipinski definition) is 3. The fraction of sp³-hybridized carbons (Fsp3) is 0.643. The van der Waals surface area contributed by atoms with Gasteiger partial charge in [0.15, 0.2) is 0 Å². The summed E-state index contributed by atoms with van der Waals surface area (Å²) >= 11 is 0. The highest BCUT2D eigenvalue weighted by Gasteiger charge is 2.18. The van der Waals surface area contributed by atoms with Crippen LogP contribution in [0.1, 0.15) is 32.1 Å². The van der Waals surface area contributed by atoms with E-state index in [-0.39, 0.29) is 5.91 Å². The lowest BCUT2D eigenvalue weighted by atomic mass is 10.1. The molecule has 21 heavy (non-hydrogen) atoms. The molecular formula is C14H20N2O5. The molecule has 0 saturated carbocycles. The number of aliphatic carboxylic acids is 2. The van der Waals surface area contributed by atoms with Crippen LogP contribution in [0.5, 0.6) is 0 Å². The van der Waals surface area contributed by atoms with Gasteiger partial charge in [-0.1, -0.05) is 11.8 Å². The second kappa shape index (κ2) is 8.97. The Morgan fingerprint density at radius 3 is 2.43 bits per heavy atom. The fourth-order valence-electron chi connectivity index (χ4n) is 2.11. The maximum Gasteiger partial charge on any atom is 0.414 e. The molecule has 1 atom stereocenters. The molecule has 2 saturated heterocycles. The number of likely N-dealkylation sites (tertiary alicyclic amines) is 1. The van der Waals surface area contributed by atoms with E-state index >= 15 is 0 Å². The monoisotopic (exact) mass is 296 g/mol. The summed E-state index contributed by atoms with van der Waals surface area (Å²) in [6.07, 6.45) is 5.41. The molecular weight excluding hydrogens is 276 g/mol. The molecule has 0 aromatic rings. The molecule has 2 heterocycles. The van der Waals surface area contributed by atoms with Gasteiger partial charge in [0.25, 0.3) is 0 Å². The van der Waals surface area contributed by atoms with Crippen molar-refractivity contribution >= 4 is 17.8 Å². The van der Waals surface area contributed by atoms with E-state index in [9.17, 15) is 4.79 Å². The Balaban J connectivity index is 0.000000315. The zero-order valence-electron chi connectivity index (χ0n) is 11.8. The van der Waals surface area contributed by atoms with E-state index in [0.717, 1.165) is 25.9 Å². The second-order valence-corrected chi connectivity index (χ2v) is 4.85. The van der Waals surface area contributed by atoms with Crippen LogP contribution in [0.4, 0.5) is 0 Å². The van der Waals surface area contributed by atoms with Crippen molar-refractivity contribution in [3.8, 4) is 11.8 Å². The van der Waals surface area contributed by atoms with E-state index in [0.29, 0.717) is 19.0 Å². The molecule has 0 aromatic heterocycles. The van der Waals surface area contributed by atoms with Crippen LogP contribution in [-0.4, -0.2) is 58.6 Å². The Hall–Kier alpha value is -2.07. The fourth-order valence-corrected chi connectivity index (χ4v) is 2.11. The van der Waals surface area contributed by atoms with Gasteiger partial charge in [0.1, 0.15) is 0 Å². The average molecular weight is 296 g/mol. The highest BCUT2D eigenvalue weighted by atomic mass is 16.4. The number of hydrogen-bond acceptors (Lipinski definition) is 4. The Labute approximate surface area is 123 Å². The van der Waals surface area contributed by atoms with Gasteiger partial charge in [-0.2, -0.15) is 0 Å². The predicted octanol–water partition coefficient (Wildman–Crippen LogP) is -0.0901. The molecule has 2 aliphatic rings. The Morgan fingerprint density at radius 2 is 1.95 bits per heavy atom. The Kier molecular flexibility index (Phi) is 7.26. The van der Waals surface area contributed by atoms with Crippen LogP contribution < -0.4 is 5.32 Å². The van der Waals surface area contributed by atoms with E-state index in [1.54, 1.807) is 0 Å². The van der Waals surface area contributed by atoms with E-state index < -0.39 is 11.9 Å². The minimum absolute atomic E-state index is 0.265. The summed E-state index contributed by atoms with van der Waals surface area (Å²) in [6.45, 7) is 2.60. The van der Waals surface area contributed by atoms with Gasteiger partial charge in [-0.3, -0.25) is 4.79 Å². The number of piperidine rings is 1. The van der Waals surface area contributed by atoms with Gasteiger partial charge < -0.3 is 20.4 Å². The van der Waals surface area contributed by atoms with Crippen LogP contribution in [0.3, 0.4) is 0 Å². The van der Waals surface area contributed by atoms with Crippen LogP contribution in [-0.2, 0) is 14.4 Å². The number of carboxylic acids is 2. The molecule has 7 heteroatoms. The molecule has 0 unspecified atom stereocenters. The maximum atomic E-state index is 11.3. The first-order valence-corrected chi connectivity index (χ1v) is 6.96. The first-order valence-electron chi connectivity index (χ1n) is 6.96. The number of carboxylic acid groups (broad SMARTS) is 2. The van der Waals surface area contributed by atoms with Crippen molar-refractivity contribution < 1.29 is 24.6 Å². The summed E-state index contributed by atoms with van der Waals surface area (Å²) in [5.41, 5.74) is 0. The Morgan fingerprint density at radius 1 is 1.24 bits per heavy atom. The van der Waals surface area contributed by atoms with E-state index in [1.807, 2.05) is 4.90 Å². The molecule has 2 fully saturated rings. The highest BCUT2D eigenvalue weighted by Crippen LogP contribution is 2.08. The van der Waals surface area contributed by atoms with Crippen molar-refractivity contribution in [1.82, 2.24) is 10.2 Å².